The molecule has 0 aromatic heterocycles. The van der Waals surface area contributed by atoms with E-state index >= 15 is 0 Å². The lowest BCUT2D eigenvalue weighted by Crippen LogP contribution is -2.27. The fourth-order valence-corrected chi connectivity index (χ4v) is 0.927. The molecule has 2 nitrogen and oxygen atoms in total. The van der Waals surface area contributed by atoms with Crippen LogP contribution < -0.4 is 0 Å². The molecule has 0 aromatic rings. The van der Waals surface area contributed by atoms with Gasteiger partial charge in [-0.25, -0.2) is 0 Å². The molecule has 1 aliphatic rings. The zero-order valence-corrected chi connectivity index (χ0v) is 5.51. The van der Waals surface area contributed by atoms with Gasteiger partial charge in [0.1, 0.15) is 6.10 Å². The van der Waals surface area contributed by atoms with E-state index in [1.54, 1.807) is 13.8 Å². The second kappa shape index (κ2) is 1.45. The summed E-state index contributed by atoms with van der Waals surface area (Å²) in [5.74, 6) is 0. The highest BCUT2D eigenvalue weighted by molar-refractivity contribution is 4.93. The number of aliphatic hydroxyl groups is 1. The van der Waals surface area contributed by atoms with Gasteiger partial charge in [0.15, 0.2) is 0 Å². The van der Waals surface area contributed by atoms with Crippen LogP contribution in [0.1, 0.15) is 20.8 Å². The van der Waals surface area contributed by atoms with Crippen molar-refractivity contribution in [2.75, 3.05) is 0 Å². The van der Waals surface area contributed by atoms with Gasteiger partial charge in [-0.3, -0.25) is 0 Å². The molecule has 1 heterocycles. The van der Waals surface area contributed by atoms with Crippen LogP contribution in [0.25, 0.3) is 0 Å². The van der Waals surface area contributed by atoms with E-state index in [1.165, 1.54) is 0 Å². The SMILES string of the molecule is CC1OC1C(C)(C)O. The van der Waals surface area contributed by atoms with E-state index in [1.807, 2.05) is 6.92 Å². The average Bonchev–Trinajstić information content (AvgIpc) is 2.13. The van der Waals surface area contributed by atoms with Gasteiger partial charge in [-0.05, 0) is 20.8 Å². The fourth-order valence-electron chi connectivity index (χ4n) is 0.927. The first-order valence-electron chi connectivity index (χ1n) is 2.89. The zero-order valence-electron chi connectivity index (χ0n) is 5.51. The van der Waals surface area contributed by atoms with Gasteiger partial charge in [0.05, 0.1) is 11.7 Å². The molecule has 1 rings (SSSR count). The molecule has 1 N–H and O–H groups in total. The molecule has 1 saturated heterocycles. The summed E-state index contributed by atoms with van der Waals surface area (Å²) in [4.78, 5) is 0. The van der Waals surface area contributed by atoms with Crippen molar-refractivity contribution >= 4 is 0 Å². The Hall–Kier alpha value is -0.0800. The Morgan fingerprint density at radius 3 is 1.88 bits per heavy atom. The zero-order chi connectivity index (χ0) is 6.36. The molecule has 2 unspecified atom stereocenters. The third-order valence-electron chi connectivity index (χ3n) is 1.41. The highest BCUT2D eigenvalue weighted by Crippen LogP contribution is 2.31. The van der Waals surface area contributed by atoms with Crippen molar-refractivity contribution in [1.82, 2.24) is 0 Å². The molecule has 0 amide bonds. The van der Waals surface area contributed by atoms with E-state index in [9.17, 15) is 5.11 Å². The van der Waals surface area contributed by atoms with Gasteiger partial charge in [-0.15, -0.1) is 0 Å². The number of hydrogen-bond donors (Lipinski definition) is 1. The van der Waals surface area contributed by atoms with Crippen LogP contribution in [0.2, 0.25) is 0 Å². The summed E-state index contributed by atoms with van der Waals surface area (Å²) >= 11 is 0. The van der Waals surface area contributed by atoms with Crippen LogP contribution in [-0.4, -0.2) is 22.9 Å². The van der Waals surface area contributed by atoms with Crippen LogP contribution in [0.15, 0.2) is 0 Å². The number of ether oxygens (including phenoxy) is 1. The van der Waals surface area contributed by atoms with Crippen molar-refractivity contribution < 1.29 is 9.84 Å². The van der Waals surface area contributed by atoms with E-state index < -0.39 is 5.60 Å². The van der Waals surface area contributed by atoms with Crippen molar-refractivity contribution in [1.29, 1.82) is 0 Å². The molecule has 0 aliphatic carbocycles. The molecule has 2 atom stereocenters. The van der Waals surface area contributed by atoms with Gasteiger partial charge >= 0.3 is 0 Å². The molecular weight excluding hydrogens is 104 g/mol. The number of rotatable bonds is 1. The highest BCUT2D eigenvalue weighted by atomic mass is 16.6. The molecule has 0 saturated carbocycles. The van der Waals surface area contributed by atoms with E-state index in [0.29, 0.717) is 0 Å². The fraction of sp³-hybridized carbons (Fsp3) is 1.00. The minimum atomic E-state index is -0.639. The Balaban J connectivity index is 2.39. The van der Waals surface area contributed by atoms with Crippen LogP contribution in [0.3, 0.4) is 0 Å². The largest absolute Gasteiger partial charge is 0.388 e. The summed E-state index contributed by atoms with van der Waals surface area (Å²) in [6.45, 7) is 5.49. The van der Waals surface area contributed by atoms with Crippen molar-refractivity contribution in [3.8, 4) is 0 Å². The van der Waals surface area contributed by atoms with Crippen molar-refractivity contribution in [2.24, 2.45) is 0 Å². The maximum absolute atomic E-state index is 9.20. The smallest absolute Gasteiger partial charge is 0.112 e. The molecule has 2 heteroatoms. The topological polar surface area (TPSA) is 32.8 Å². The van der Waals surface area contributed by atoms with Gasteiger partial charge in [0.25, 0.3) is 0 Å². The quantitative estimate of drug-likeness (QED) is 0.507. The third-order valence-corrected chi connectivity index (χ3v) is 1.41. The average molecular weight is 116 g/mol. The lowest BCUT2D eigenvalue weighted by molar-refractivity contribution is 0.0482. The predicted molar refractivity (Wildman–Crippen MR) is 30.6 cm³/mol. The van der Waals surface area contributed by atoms with Crippen LogP contribution in [-0.2, 0) is 4.74 Å². The molecule has 1 aliphatic heterocycles. The van der Waals surface area contributed by atoms with Gasteiger partial charge in [0, 0.05) is 0 Å². The Morgan fingerprint density at radius 2 is 1.88 bits per heavy atom. The highest BCUT2D eigenvalue weighted by Gasteiger charge is 2.45. The maximum Gasteiger partial charge on any atom is 0.112 e. The van der Waals surface area contributed by atoms with Crippen molar-refractivity contribution in [2.45, 2.75) is 38.6 Å². The molecule has 0 aromatic carbocycles. The van der Waals surface area contributed by atoms with E-state index in [-0.39, 0.29) is 12.2 Å². The lowest BCUT2D eigenvalue weighted by atomic mass is 10.0. The summed E-state index contributed by atoms with van der Waals surface area (Å²) in [6.07, 6.45) is 0.331. The van der Waals surface area contributed by atoms with Crippen LogP contribution in [0, 0.1) is 0 Å². The van der Waals surface area contributed by atoms with Crippen molar-refractivity contribution in [3.63, 3.8) is 0 Å². The van der Waals surface area contributed by atoms with E-state index in [4.69, 9.17) is 4.74 Å². The maximum atomic E-state index is 9.20. The summed E-state index contributed by atoms with van der Waals surface area (Å²) < 4.78 is 5.03. The summed E-state index contributed by atoms with van der Waals surface area (Å²) in [5.41, 5.74) is -0.639. The first kappa shape index (κ1) is 6.05. The molecule has 0 spiro atoms. The second-order valence-corrected chi connectivity index (χ2v) is 2.92. The molecular formula is C6H12O2. The first-order chi connectivity index (χ1) is 3.52. The first-order valence-corrected chi connectivity index (χ1v) is 2.89. The third kappa shape index (κ3) is 1.01. The van der Waals surface area contributed by atoms with E-state index in [2.05, 4.69) is 0 Å². The summed E-state index contributed by atoms with van der Waals surface area (Å²) in [7, 11) is 0. The Kier molecular flexibility index (Phi) is 1.10. The van der Waals surface area contributed by atoms with Gasteiger partial charge < -0.3 is 9.84 Å². The Labute approximate surface area is 49.5 Å². The van der Waals surface area contributed by atoms with Gasteiger partial charge in [-0.1, -0.05) is 0 Å². The molecule has 8 heavy (non-hydrogen) atoms. The lowest BCUT2D eigenvalue weighted by Gasteiger charge is -2.12. The monoisotopic (exact) mass is 116 g/mol. The Bertz CT molecular complexity index is 93.2. The number of epoxide rings is 1. The molecule has 0 bridgehead atoms. The van der Waals surface area contributed by atoms with Crippen LogP contribution >= 0.6 is 0 Å². The van der Waals surface area contributed by atoms with Gasteiger partial charge in [-0.2, -0.15) is 0 Å². The van der Waals surface area contributed by atoms with E-state index in [0.717, 1.165) is 0 Å². The summed E-state index contributed by atoms with van der Waals surface area (Å²) in [6, 6.07) is 0. The van der Waals surface area contributed by atoms with Crippen molar-refractivity contribution in [3.05, 3.63) is 0 Å². The number of hydrogen-bond acceptors (Lipinski definition) is 2. The molecule has 1 fully saturated rings. The normalized spacial score (nSPS) is 37.5. The van der Waals surface area contributed by atoms with Crippen LogP contribution in [0.5, 0.6) is 0 Å². The predicted octanol–water partition coefficient (Wildman–Crippen LogP) is 0.545. The minimum absolute atomic E-state index is 0.0718. The standard InChI is InChI=1S/C6H12O2/c1-4-5(8-4)6(2,3)7/h4-5,7H,1-3H3. The summed E-state index contributed by atoms with van der Waals surface area (Å²) in [5, 5.41) is 9.20. The molecule has 0 radical (unpaired) electrons. The van der Waals surface area contributed by atoms with Crippen LogP contribution in [0.4, 0.5) is 0 Å². The molecule has 48 valence electrons. The second-order valence-electron chi connectivity index (χ2n) is 2.92. The Morgan fingerprint density at radius 1 is 1.50 bits per heavy atom. The van der Waals surface area contributed by atoms with Gasteiger partial charge in [0.2, 0.25) is 0 Å². The minimum Gasteiger partial charge on any atom is -0.388 e.